The molecule has 2 saturated heterocycles. The third-order valence-electron chi connectivity index (χ3n) is 5.26. The SMILES string of the molecule is O=C(Cn1nccc1C1CCCNC1)N1CCN(c2cnccn2)CC1. The van der Waals surface area contributed by atoms with Crippen LogP contribution in [0.5, 0.6) is 0 Å². The van der Waals surface area contributed by atoms with Gasteiger partial charge in [0.25, 0.3) is 0 Å². The molecule has 8 nitrogen and oxygen atoms in total. The van der Waals surface area contributed by atoms with E-state index in [9.17, 15) is 4.79 Å². The lowest BCUT2D eigenvalue weighted by atomic mass is 9.96. The first-order valence-electron chi connectivity index (χ1n) is 9.32. The Morgan fingerprint density at radius 3 is 2.81 bits per heavy atom. The van der Waals surface area contributed by atoms with Crippen LogP contribution < -0.4 is 10.2 Å². The molecular weight excluding hydrogens is 330 g/mol. The Balaban J connectivity index is 1.34. The van der Waals surface area contributed by atoms with E-state index in [1.165, 1.54) is 12.1 Å². The Kier molecular flexibility index (Phi) is 5.10. The number of aromatic nitrogens is 4. The van der Waals surface area contributed by atoms with E-state index in [4.69, 9.17) is 0 Å². The van der Waals surface area contributed by atoms with Crippen LogP contribution in [0.3, 0.4) is 0 Å². The molecule has 1 amide bonds. The largest absolute Gasteiger partial charge is 0.352 e. The minimum absolute atomic E-state index is 0.137. The smallest absolute Gasteiger partial charge is 0.244 e. The van der Waals surface area contributed by atoms with Gasteiger partial charge in [-0.15, -0.1) is 0 Å². The van der Waals surface area contributed by atoms with E-state index >= 15 is 0 Å². The zero-order valence-corrected chi connectivity index (χ0v) is 14.9. The second-order valence-electron chi connectivity index (χ2n) is 6.89. The molecule has 1 atom stereocenters. The molecule has 1 N–H and O–H groups in total. The van der Waals surface area contributed by atoms with Crippen LogP contribution in [0.4, 0.5) is 5.82 Å². The Bertz CT molecular complexity index is 718. The van der Waals surface area contributed by atoms with Crippen LogP contribution in [0.25, 0.3) is 0 Å². The van der Waals surface area contributed by atoms with Crippen LogP contribution in [-0.2, 0) is 11.3 Å². The predicted molar refractivity (Wildman–Crippen MR) is 97.9 cm³/mol. The van der Waals surface area contributed by atoms with Crippen molar-refractivity contribution in [2.45, 2.75) is 25.3 Å². The minimum Gasteiger partial charge on any atom is -0.352 e. The van der Waals surface area contributed by atoms with Gasteiger partial charge in [-0.25, -0.2) is 4.98 Å². The molecule has 0 bridgehead atoms. The van der Waals surface area contributed by atoms with Gasteiger partial charge in [0.2, 0.25) is 5.91 Å². The van der Waals surface area contributed by atoms with Gasteiger partial charge in [0, 0.05) is 62.9 Å². The number of amides is 1. The molecule has 0 aromatic carbocycles. The van der Waals surface area contributed by atoms with Gasteiger partial charge < -0.3 is 15.1 Å². The van der Waals surface area contributed by atoms with Gasteiger partial charge in [0.1, 0.15) is 12.4 Å². The van der Waals surface area contributed by atoms with Gasteiger partial charge in [-0.05, 0) is 25.5 Å². The molecule has 2 aliphatic heterocycles. The fourth-order valence-corrected chi connectivity index (χ4v) is 3.79. The first kappa shape index (κ1) is 17.0. The summed E-state index contributed by atoms with van der Waals surface area (Å²) in [5, 5.41) is 7.84. The molecule has 1 unspecified atom stereocenters. The molecule has 0 spiro atoms. The number of piperidine rings is 1. The molecule has 2 aromatic rings. The van der Waals surface area contributed by atoms with Gasteiger partial charge in [0.15, 0.2) is 0 Å². The summed E-state index contributed by atoms with van der Waals surface area (Å²) in [7, 11) is 0. The second kappa shape index (κ2) is 7.82. The molecule has 2 fully saturated rings. The summed E-state index contributed by atoms with van der Waals surface area (Å²) in [5.41, 5.74) is 1.17. The summed E-state index contributed by atoms with van der Waals surface area (Å²) in [6.45, 7) is 5.35. The lowest BCUT2D eigenvalue weighted by molar-refractivity contribution is -0.132. The Morgan fingerprint density at radius 1 is 1.19 bits per heavy atom. The highest BCUT2D eigenvalue weighted by Crippen LogP contribution is 2.23. The lowest BCUT2D eigenvalue weighted by Gasteiger charge is -2.35. The number of hydrogen-bond acceptors (Lipinski definition) is 6. The van der Waals surface area contributed by atoms with Crippen molar-refractivity contribution in [2.24, 2.45) is 0 Å². The Morgan fingerprint density at radius 2 is 2.08 bits per heavy atom. The molecule has 138 valence electrons. The summed E-state index contributed by atoms with van der Waals surface area (Å²) in [4.78, 5) is 25.3. The van der Waals surface area contributed by atoms with Gasteiger partial charge in [-0.3, -0.25) is 14.5 Å². The van der Waals surface area contributed by atoms with E-state index < -0.39 is 0 Å². The fraction of sp³-hybridized carbons (Fsp3) is 0.556. The molecule has 8 heteroatoms. The van der Waals surface area contributed by atoms with Gasteiger partial charge in [-0.2, -0.15) is 5.10 Å². The third-order valence-corrected chi connectivity index (χ3v) is 5.26. The molecule has 0 saturated carbocycles. The number of anilines is 1. The highest BCUT2D eigenvalue weighted by molar-refractivity contribution is 5.76. The maximum absolute atomic E-state index is 12.7. The summed E-state index contributed by atoms with van der Waals surface area (Å²) >= 11 is 0. The molecule has 0 aliphatic carbocycles. The highest BCUT2D eigenvalue weighted by Gasteiger charge is 2.24. The van der Waals surface area contributed by atoms with Gasteiger partial charge in [0.05, 0.1) is 6.20 Å². The monoisotopic (exact) mass is 355 g/mol. The number of hydrogen-bond donors (Lipinski definition) is 1. The topological polar surface area (TPSA) is 79.2 Å². The molecule has 26 heavy (non-hydrogen) atoms. The number of nitrogens with zero attached hydrogens (tertiary/aromatic N) is 6. The van der Waals surface area contributed by atoms with Crippen molar-refractivity contribution in [3.05, 3.63) is 36.5 Å². The van der Waals surface area contributed by atoms with Crippen molar-refractivity contribution >= 4 is 11.7 Å². The molecule has 4 rings (SSSR count). The molecule has 0 radical (unpaired) electrons. The van der Waals surface area contributed by atoms with Crippen LogP contribution in [-0.4, -0.2) is 69.8 Å². The van der Waals surface area contributed by atoms with E-state index in [-0.39, 0.29) is 5.91 Å². The van der Waals surface area contributed by atoms with E-state index in [1.807, 2.05) is 15.8 Å². The third kappa shape index (κ3) is 3.70. The quantitative estimate of drug-likeness (QED) is 0.860. The second-order valence-corrected chi connectivity index (χ2v) is 6.89. The highest BCUT2D eigenvalue weighted by atomic mass is 16.2. The van der Waals surface area contributed by atoms with Crippen molar-refractivity contribution < 1.29 is 4.79 Å². The van der Waals surface area contributed by atoms with E-state index in [0.717, 1.165) is 38.4 Å². The number of piperazine rings is 1. The zero-order chi connectivity index (χ0) is 17.8. The Labute approximate surface area is 153 Å². The number of carbonyl (C=O) groups excluding carboxylic acids is 1. The summed E-state index contributed by atoms with van der Waals surface area (Å²) in [5.74, 6) is 1.46. The molecular formula is C18H25N7O. The summed E-state index contributed by atoms with van der Waals surface area (Å²) < 4.78 is 1.88. The van der Waals surface area contributed by atoms with Crippen LogP contribution in [0.2, 0.25) is 0 Å². The zero-order valence-electron chi connectivity index (χ0n) is 14.9. The number of rotatable bonds is 4. The van der Waals surface area contributed by atoms with E-state index in [2.05, 4.69) is 31.3 Å². The van der Waals surface area contributed by atoms with Crippen molar-refractivity contribution in [1.29, 1.82) is 0 Å². The van der Waals surface area contributed by atoms with Crippen LogP contribution in [0.15, 0.2) is 30.9 Å². The van der Waals surface area contributed by atoms with Gasteiger partial charge >= 0.3 is 0 Å². The van der Waals surface area contributed by atoms with Crippen molar-refractivity contribution in [3.8, 4) is 0 Å². The lowest BCUT2D eigenvalue weighted by Crippen LogP contribution is -2.50. The number of carbonyl (C=O) groups is 1. The van der Waals surface area contributed by atoms with Crippen molar-refractivity contribution in [2.75, 3.05) is 44.2 Å². The van der Waals surface area contributed by atoms with Crippen molar-refractivity contribution in [3.63, 3.8) is 0 Å². The van der Waals surface area contributed by atoms with Crippen LogP contribution in [0, 0.1) is 0 Å². The molecule has 2 aliphatic rings. The van der Waals surface area contributed by atoms with E-state index in [1.54, 1.807) is 18.6 Å². The van der Waals surface area contributed by atoms with Gasteiger partial charge in [-0.1, -0.05) is 0 Å². The summed E-state index contributed by atoms with van der Waals surface area (Å²) in [6.07, 6.45) is 9.28. The number of nitrogens with one attached hydrogen (secondary N) is 1. The van der Waals surface area contributed by atoms with Crippen LogP contribution >= 0.6 is 0 Å². The Hall–Kier alpha value is -2.48. The molecule has 4 heterocycles. The first-order valence-corrected chi connectivity index (χ1v) is 9.32. The standard InChI is InChI=1S/C18H25N7O/c26-18(14-25-16(3-5-22-25)15-2-1-4-19-12-15)24-10-8-23(9-11-24)17-13-20-6-7-21-17/h3,5-7,13,15,19H,1-2,4,8-12,14H2. The summed E-state index contributed by atoms with van der Waals surface area (Å²) in [6, 6.07) is 2.05. The fourth-order valence-electron chi connectivity index (χ4n) is 3.79. The molecule has 2 aromatic heterocycles. The average Bonchev–Trinajstić information content (AvgIpc) is 3.17. The first-order chi connectivity index (χ1) is 12.8. The minimum atomic E-state index is 0.137. The predicted octanol–water partition coefficient (Wildman–Crippen LogP) is 0.489. The van der Waals surface area contributed by atoms with Crippen LogP contribution in [0.1, 0.15) is 24.5 Å². The maximum atomic E-state index is 12.7. The normalized spacial score (nSPS) is 21.0. The average molecular weight is 355 g/mol. The maximum Gasteiger partial charge on any atom is 0.244 e. The van der Waals surface area contributed by atoms with E-state index in [0.29, 0.717) is 25.6 Å². The van der Waals surface area contributed by atoms with Crippen molar-refractivity contribution in [1.82, 2.24) is 30.0 Å².